The number of hydrogen-bond donors (Lipinski definition) is 1. The van der Waals surface area contributed by atoms with Gasteiger partial charge in [-0.15, -0.1) is 12.4 Å². The van der Waals surface area contributed by atoms with Gasteiger partial charge >= 0.3 is 0 Å². The highest BCUT2D eigenvalue weighted by molar-refractivity contribution is 7.86. The maximum Gasteiger partial charge on any atom is 0.281 e. The first-order valence-electron chi connectivity index (χ1n) is 5.82. The average molecular weight is 286 g/mol. The van der Waals surface area contributed by atoms with Crippen molar-refractivity contribution in [2.45, 2.75) is 32.7 Å². The Bertz CT molecular complexity index is 314. The number of nitrogens with zero attached hydrogens (tertiary/aromatic N) is 2. The van der Waals surface area contributed by atoms with Crippen molar-refractivity contribution in [3.05, 3.63) is 0 Å². The number of rotatable bonds is 4. The molecular weight excluding hydrogens is 262 g/mol. The van der Waals surface area contributed by atoms with Crippen molar-refractivity contribution >= 4 is 22.6 Å². The largest absolute Gasteiger partial charge is 0.330 e. The van der Waals surface area contributed by atoms with Crippen molar-refractivity contribution < 1.29 is 8.42 Å². The summed E-state index contributed by atoms with van der Waals surface area (Å²) in [4.78, 5) is 0. The molecule has 5 nitrogen and oxygen atoms in total. The number of halogens is 1. The van der Waals surface area contributed by atoms with Crippen molar-refractivity contribution in [1.29, 1.82) is 0 Å². The van der Waals surface area contributed by atoms with E-state index in [1.54, 1.807) is 11.4 Å². The van der Waals surface area contributed by atoms with E-state index in [2.05, 4.69) is 0 Å². The van der Waals surface area contributed by atoms with Gasteiger partial charge in [-0.2, -0.15) is 17.0 Å². The number of piperidine rings is 1. The number of nitrogens with two attached hydrogens (primary N) is 1. The molecule has 104 valence electrons. The molecule has 0 unspecified atom stereocenters. The second-order valence-corrected chi connectivity index (χ2v) is 6.68. The molecule has 0 saturated carbocycles. The second-order valence-electron chi connectivity index (χ2n) is 4.70. The van der Waals surface area contributed by atoms with Gasteiger partial charge in [0.1, 0.15) is 0 Å². The van der Waals surface area contributed by atoms with Crippen LogP contribution in [-0.2, 0) is 10.2 Å². The zero-order valence-corrected chi connectivity index (χ0v) is 12.4. The zero-order valence-electron chi connectivity index (χ0n) is 10.8. The molecule has 0 bridgehead atoms. The third-order valence-corrected chi connectivity index (χ3v) is 5.49. The van der Waals surface area contributed by atoms with E-state index >= 15 is 0 Å². The predicted molar refractivity (Wildman–Crippen MR) is 72.4 cm³/mol. The van der Waals surface area contributed by atoms with E-state index < -0.39 is 10.2 Å². The van der Waals surface area contributed by atoms with E-state index in [9.17, 15) is 8.42 Å². The Hall–Kier alpha value is 0.120. The lowest BCUT2D eigenvalue weighted by Gasteiger charge is -2.34. The summed E-state index contributed by atoms with van der Waals surface area (Å²) in [5.41, 5.74) is 5.59. The summed E-state index contributed by atoms with van der Waals surface area (Å²) in [5, 5.41) is 0. The highest BCUT2D eigenvalue weighted by Gasteiger charge is 2.31. The quantitative estimate of drug-likeness (QED) is 0.825. The summed E-state index contributed by atoms with van der Waals surface area (Å²) in [5.74, 6) is 0.482. The Morgan fingerprint density at radius 1 is 1.35 bits per heavy atom. The van der Waals surface area contributed by atoms with E-state index in [1.807, 2.05) is 13.8 Å². The predicted octanol–water partition coefficient (Wildman–Crippen LogP) is 0.664. The van der Waals surface area contributed by atoms with Crippen LogP contribution >= 0.6 is 12.4 Å². The lowest BCUT2D eigenvalue weighted by Crippen LogP contribution is -2.48. The van der Waals surface area contributed by atoms with Crippen LogP contribution in [0.25, 0.3) is 0 Å². The third kappa shape index (κ3) is 4.06. The Balaban J connectivity index is 0.00000256. The van der Waals surface area contributed by atoms with Crippen molar-refractivity contribution in [3.63, 3.8) is 0 Å². The molecule has 0 aliphatic carbocycles. The van der Waals surface area contributed by atoms with Gasteiger partial charge in [0.2, 0.25) is 0 Å². The Labute approximate surface area is 111 Å². The minimum atomic E-state index is -3.27. The minimum Gasteiger partial charge on any atom is -0.330 e. The van der Waals surface area contributed by atoms with Crippen molar-refractivity contribution in [2.75, 3.05) is 26.7 Å². The van der Waals surface area contributed by atoms with E-state index in [-0.39, 0.29) is 18.4 Å². The topological polar surface area (TPSA) is 66.6 Å². The molecular formula is C10H24ClN3O2S. The molecule has 1 aliphatic rings. The summed E-state index contributed by atoms with van der Waals surface area (Å²) in [6.45, 7) is 5.62. The fourth-order valence-corrected chi connectivity index (χ4v) is 3.39. The van der Waals surface area contributed by atoms with Crippen LogP contribution in [0.3, 0.4) is 0 Å². The molecule has 0 radical (unpaired) electrons. The Morgan fingerprint density at radius 2 is 1.82 bits per heavy atom. The molecule has 17 heavy (non-hydrogen) atoms. The highest BCUT2D eigenvalue weighted by Crippen LogP contribution is 2.20. The Kier molecular flexibility index (Phi) is 6.94. The minimum absolute atomic E-state index is 0. The van der Waals surface area contributed by atoms with E-state index in [4.69, 9.17) is 5.73 Å². The van der Waals surface area contributed by atoms with Crippen molar-refractivity contribution in [1.82, 2.24) is 8.61 Å². The van der Waals surface area contributed by atoms with Crippen molar-refractivity contribution in [2.24, 2.45) is 11.7 Å². The SMILES string of the molecule is CC(C)N(C)S(=O)(=O)N1CCC(CN)CC1.Cl. The zero-order chi connectivity index (χ0) is 12.3. The molecule has 1 aliphatic heterocycles. The highest BCUT2D eigenvalue weighted by atomic mass is 35.5. The maximum atomic E-state index is 12.1. The van der Waals surface area contributed by atoms with E-state index in [0.29, 0.717) is 25.6 Å². The molecule has 2 N–H and O–H groups in total. The van der Waals surface area contributed by atoms with Crippen LogP contribution in [0.1, 0.15) is 26.7 Å². The molecule has 0 amide bonds. The van der Waals surface area contributed by atoms with Gasteiger partial charge in [-0.1, -0.05) is 0 Å². The summed E-state index contributed by atoms with van der Waals surface area (Å²) in [6, 6.07) is -0.00256. The van der Waals surface area contributed by atoms with Gasteiger partial charge in [0, 0.05) is 26.2 Å². The van der Waals surface area contributed by atoms with Gasteiger partial charge in [0.05, 0.1) is 0 Å². The smallest absolute Gasteiger partial charge is 0.281 e. The average Bonchev–Trinajstić information content (AvgIpc) is 2.28. The van der Waals surface area contributed by atoms with Crippen LogP contribution < -0.4 is 5.73 Å². The van der Waals surface area contributed by atoms with Gasteiger partial charge in [0.25, 0.3) is 10.2 Å². The van der Waals surface area contributed by atoms with Gasteiger partial charge in [-0.05, 0) is 39.2 Å². The van der Waals surface area contributed by atoms with Gasteiger partial charge in [-0.25, -0.2) is 0 Å². The molecule has 1 heterocycles. The standard InChI is InChI=1S/C10H23N3O2S.ClH/c1-9(2)12(3)16(14,15)13-6-4-10(8-11)5-7-13;/h9-10H,4-8,11H2,1-3H3;1H. The van der Waals surface area contributed by atoms with Crippen LogP contribution in [0.2, 0.25) is 0 Å². The summed E-state index contributed by atoms with van der Waals surface area (Å²) in [6.07, 6.45) is 1.75. The summed E-state index contributed by atoms with van der Waals surface area (Å²) in [7, 11) is -1.63. The van der Waals surface area contributed by atoms with Gasteiger partial charge in [0.15, 0.2) is 0 Å². The molecule has 1 rings (SSSR count). The molecule has 0 aromatic heterocycles. The Morgan fingerprint density at radius 3 is 2.18 bits per heavy atom. The van der Waals surface area contributed by atoms with E-state index in [1.165, 1.54) is 4.31 Å². The lowest BCUT2D eigenvalue weighted by atomic mass is 9.99. The van der Waals surface area contributed by atoms with Crippen LogP contribution in [0, 0.1) is 5.92 Å². The van der Waals surface area contributed by atoms with Crippen LogP contribution in [-0.4, -0.2) is 49.8 Å². The fraction of sp³-hybridized carbons (Fsp3) is 1.00. The molecule has 0 spiro atoms. The first-order valence-corrected chi connectivity index (χ1v) is 7.22. The summed E-state index contributed by atoms with van der Waals surface area (Å²) < 4.78 is 27.3. The fourth-order valence-electron chi connectivity index (χ4n) is 1.82. The first kappa shape index (κ1) is 17.1. The van der Waals surface area contributed by atoms with E-state index in [0.717, 1.165) is 12.8 Å². The van der Waals surface area contributed by atoms with Crippen LogP contribution in [0.4, 0.5) is 0 Å². The maximum absolute atomic E-state index is 12.1. The van der Waals surface area contributed by atoms with Gasteiger partial charge in [-0.3, -0.25) is 0 Å². The van der Waals surface area contributed by atoms with Crippen LogP contribution in [0.15, 0.2) is 0 Å². The molecule has 0 aromatic rings. The molecule has 0 atom stereocenters. The monoisotopic (exact) mass is 285 g/mol. The molecule has 1 saturated heterocycles. The normalized spacial score (nSPS) is 19.6. The van der Waals surface area contributed by atoms with Crippen molar-refractivity contribution in [3.8, 4) is 0 Å². The van der Waals surface area contributed by atoms with Crippen LogP contribution in [0.5, 0.6) is 0 Å². The third-order valence-electron chi connectivity index (χ3n) is 3.32. The molecule has 0 aromatic carbocycles. The lowest BCUT2D eigenvalue weighted by molar-refractivity contribution is 0.256. The summed E-state index contributed by atoms with van der Waals surface area (Å²) >= 11 is 0. The molecule has 7 heteroatoms. The first-order chi connectivity index (χ1) is 7.39. The number of hydrogen-bond acceptors (Lipinski definition) is 3. The molecule has 1 fully saturated rings. The second kappa shape index (κ2) is 6.89. The van der Waals surface area contributed by atoms with Gasteiger partial charge < -0.3 is 5.73 Å².